The molecule has 0 aromatic heterocycles. The molecule has 1 amide bonds. The first-order valence-electron chi connectivity index (χ1n) is 7.60. The summed E-state index contributed by atoms with van der Waals surface area (Å²) in [5.74, 6) is -1.05. The van der Waals surface area contributed by atoms with Crippen molar-refractivity contribution in [3.05, 3.63) is 56.8 Å². The molecule has 0 unspecified atom stereocenters. The van der Waals surface area contributed by atoms with Gasteiger partial charge in [-0.1, -0.05) is 43.1 Å². The molecule has 0 radical (unpaired) electrons. The predicted molar refractivity (Wildman–Crippen MR) is 96.1 cm³/mol. The van der Waals surface area contributed by atoms with Crippen molar-refractivity contribution in [1.82, 2.24) is 0 Å². The zero-order valence-corrected chi connectivity index (χ0v) is 15.3. The van der Waals surface area contributed by atoms with E-state index in [4.69, 9.17) is 33.7 Å². The van der Waals surface area contributed by atoms with Crippen molar-refractivity contribution in [3.63, 3.8) is 0 Å². The minimum absolute atomic E-state index is 0.0800. The molecule has 3 N–H and O–H groups in total. The van der Waals surface area contributed by atoms with Gasteiger partial charge in [-0.25, -0.2) is 4.39 Å². The van der Waals surface area contributed by atoms with Crippen LogP contribution in [-0.4, -0.2) is 17.6 Å². The predicted octanol–water partition coefficient (Wildman–Crippen LogP) is 4.42. The van der Waals surface area contributed by atoms with E-state index in [1.807, 2.05) is 0 Å². The number of ether oxygens (including phenoxy) is 1. The molecule has 0 saturated heterocycles. The highest BCUT2D eigenvalue weighted by molar-refractivity contribution is 6.36. The van der Waals surface area contributed by atoms with Crippen LogP contribution < -0.4 is 10.5 Å². The number of benzene rings is 2. The summed E-state index contributed by atoms with van der Waals surface area (Å²) in [6, 6.07) is 5.95. The number of rotatable bonds is 6. The largest absolute Gasteiger partial charge is 0.508 e. The first-order chi connectivity index (χ1) is 11.7. The average molecular weight is 386 g/mol. The minimum atomic E-state index is -0.622. The SMILES string of the molecule is CC(C)c1c(O)ccc(Cc2c(Cl)cc(OCC(N)=O)cc2Cl)c1F. The zero-order chi connectivity index (χ0) is 18.7. The van der Waals surface area contributed by atoms with Crippen LogP contribution >= 0.6 is 23.2 Å². The molecule has 0 aliphatic rings. The molecule has 7 heteroatoms. The Balaban J connectivity index is 2.35. The lowest BCUT2D eigenvalue weighted by molar-refractivity contribution is -0.119. The summed E-state index contributed by atoms with van der Waals surface area (Å²) in [6.07, 6.45) is 0.152. The Morgan fingerprint density at radius 1 is 1.28 bits per heavy atom. The summed E-state index contributed by atoms with van der Waals surface area (Å²) < 4.78 is 19.9. The van der Waals surface area contributed by atoms with Crippen molar-refractivity contribution in [2.45, 2.75) is 26.2 Å². The van der Waals surface area contributed by atoms with Crippen molar-refractivity contribution in [1.29, 1.82) is 0 Å². The molecule has 0 fully saturated rings. The number of phenols is 1. The Morgan fingerprint density at radius 3 is 2.40 bits per heavy atom. The number of aromatic hydroxyl groups is 1. The van der Waals surface area contributed by atoms with E-state index in [0.717, 1.165) is 0 Å². The summed E-state index contributed by atoms with van der Waals surface area (Å²) in [5, 5.41) is 10.4. The van der Waals surface area contributed by atoms with E-state index < -0.39 is 11.7 Å². The Hall–Kier alpha value is -1.98. The minimum Gasteiger partial charge on any atom is -0.508 e. The van der Waals surface area contributed by atoms with Gasteiger partial charge in [0.25, 0.3) is 5.91 Å². The van der Waals surface area contributed by atoms with Crippen LogP contribution in [0.2, 0.25) is 10.0 Å². The molecule has 0 heterocycles. The fourth-order valence-corrected chi connectivity index (χ4v) is 3.09. The van der Waals surface area contributed by atoms with Crippen LogP contribution in [-0.2, 0) is 11.2 Å². The van der Waals surface area contributed by atoms with Crippen molar-refractivity contribution in [2.75, 3.05) is 6.61 Å². The van der Waals surface area contributed by atoms with Gasteiger partial charge in [0.2, 0.25) is 0 Å². The van der Waals surface area contributed by atoms with Gasteiger partial charge in [0.1, 0.15) is 17.3 Å². The second-order valence-electron chi connectivity index (χ2n) is 5.92. The lowest BCUT2D eigenvalue weighted by Gasteiger charge is -2.15. The van der Waals surface area contributed by atoms with E-state index in [1.165, 1.54) is 24.3 Å². The maximum atomic E-state index is 14.7. The maximum Gasteiger partial charge on any atom is 0.255 e. The van der Waals surface area contributed by atoms with Gasteiger partial charge in [0.05, 0.1) is 0 Å². The van der Waals surface area contributed by atoms with Gasteiger partial charge in [-0.3, -0.25) is 4.79 Å². The van der Waals surface area contributed by atoms with Gasteiger partial charge in [-0.15, -0.1) is 0 Å². The van der Waals surface area contributed by atoms with Gasteiger partial charge in [-0.2, -0.15) is 0 Å². The number of nitrogens with two attached hydrogens (primary N) is 1. The molecule has 0 spiro atoms. The van der Waals surface area contributed by atoms with E-state index in [-0.39, 0.29) is 40.3 Å². The van der Waals surface area contributed by atoms with E-state index in [9.17, 15) is 14.3 Å². The fraction of sp³-hybridized carbons (Fsp3) is 0.278. The van der Waals surface area contributed by atoms with Crippen molar-refractivity contribution in [3.8, 4) is 11.5 Å². The fourth-order valence-electron chi connectivity index (χ4n) is 2.49. The van der Waals surface area contributed by atoms with Crippen LogP contribution in [0, 0.1) is 5.82 Å². The number of hydrogen-bond donors (Lipinski definition) is 2. The molecule has 2 rings (SSSR count). The van der Waals surface area contributed by atoms with Crippen LogP contribution in [0.25, 0.3) is 0 Å². The average Bonchev–Trinajstić information content (AvgIpc) is 2.50. The normalized spacial score (nSPS) is 11.0. The standard InChI is InChI=1S/C18H18Cl2FNO3/c1-9(2)17-15(23)4-3-10(18(17)21)5-12-13(19)6-11(7-14(12)20)25-8-16(22)24/h3-4,6-7,9,23H,5,8H2,1-2H3,(H2,22,24). The van der Waals surface area contributed by atoms with E-state index >= 15 is 0 Å². The monoisotopic (exact) mass is 385 g/mol. The molecule has 0 aliphatic heterocycles. The lowest BCUT2D eigenvalue weighted by Crippen LogP contribution is -2.20. The number of amides is 1. The number of carbonyl (C=O) groups is 1. The molecule has 2 aromatic carbocycles. The number of halogens is 3. The topological polar surface area (TPSA) is 72.6 Å². The highest BCUT2D eigenvalue weighted by Crippen LogP contribution is 2.35. The quantitative estimate of drug-likeness (QED) is 0.772. The van der Waals surface area contributed by atoms with Crippen LogP contribution in [0.3, 0.4) is 0 Å². The highest BCUT2D eigenvalue weighted by atomic mass is 35.5. The first kappa shape index (κ1) is 19.3. The number of primary amides is 1. The van der Waals surface area contributed by atoms with Crippen LogP contribution in [0.4, 0.5) is 4.39 Å². The number of carbonyl (C=O) groups excluding carboxylic acids is 1. The smallest absolute Gasteiger partial charge is 0.255 e. The third kappa shape index (κ3) is 4.55. The van der Waals surface area contributed by atoms with Gasteiger partial charge < -0.3 is 15.6 Å². The molecule has 0 aliphatic carbocycles. The third-order valence-corrected chi connectivity index (χ3v) is 4.35. The Kier molecular flexibility index (Phi) is 6.14. The highest BCUT2D eigenvalue weighted by Gasteiger charge is 2.18. The van der Waals surface area contributed by atoms with Crippen molar-refractivity contribution < 1.29 is 19.0 Å². The van der Waals surface area contributed by atoms with E-state index in [1.54, 1.807) is 13.8 Å². The molecular formula is C18H18Cl2FNO3. The van der Waals surface area contributed by atoms with Crippen molar-refractivity contribution >= 4 is 29.1 Å². The van der Waals surface area contributed by atoms with E-state index in [0.29, 0.717) is 16.9 Å². The molecule has 4 nitrogen and oxygen atoms in total. The molecular weight excluding hydrogens is 368 g/mol. The van der Waals surface area contributed by atoms with Gasteiger partial charge in [0.15, 0.2) is 6.61 Å². The zero-order valence-electron chi connectivity index (χ0n) is 13.8. The second kappa shape index (κ2) is 7.93. The second-order valence-corrected chi connectivity index (χ2v) is 6.74. The number of phenolic OH excluding ortho intramolecular Hbond substituents is 1. The van der Waals surface area contributed by atoms with Gasteiger partial charge in [-0.05, 0) is 35.2 Å². The summed E-state index contributed by atoms with van der Waals surface area (Å²) in [5.41, 5.74) is 6.17. The van der Waals surface area contributed by atoms with Crippen LogP contribution in [0.5, 0.6) is 11.5 Å². The van der Waals surface area contributed by atoms with Crippen molar-refractivity contribution in [2.24, 2.45) is 5.73 Å². The first-order valence-corrected chi connectivity index (χ1v) is 8.35. The molecule has 134 valence electrons. The molecule has 2 aromatic rings. The van der Waals surface area contributed by atoms with Crippen LogP contribution in [0.1, 0.15) is 36.5 Å². The maximum absolute atomic E-state index is 14.7. The summed E-state index contributed by atoms with van der Waals surface area (Å²) >= 11 is 12.5. The summed E-state index contributed by atoms with van der Waals surface area (Å²) in [7, 11) is 0. The molecule has 0 atom stereocenters. The Labute approximate surface area is 155 Å². The molecule has 0 saturated carbocycles. The summed E-state index contributed by atoms with van der Waals surface area (Å²) in [4.78, 5) is 10.8. The molecule has 0 bridgehead atoms. The van der Waals surface area contributed by atoms with Gasteiger partial charge >= 0.3 is 0 Å². The van der Waals surface area contributed by atoms with Gasteiger partial charge in [0, 0.05) is 22.0 Å². The Morgan fingerprint density at radius 2 is 1.88 bits per heavy atom. The van der Waals surface area contributed by atoms with E-state index in [2.05, 4.69) is 0 Å². The summed E-state index contributed by atoms with van der Waals surface area (Å²) in [6.45, 7) is 3.30. The lowest BCUT2D eigenvalue weighted by atomic mass is 9.95. The third-order valence-electron chi connectivity index (χ3n) is 3.68. The molecule has 25 heavy (non-hydrogen) atoms. The Bertz CT molecular complexity index is 786. The number of hydrogen-bond acceptors (Lipinski definition) is 3. The van der Waals surface area contributed by atoms with Crippen LogP contribution in [0.15, 0.2) is 24.3 Å².